The number of carbonyl (C=O) groups is 1. The van der Waals surface area contributed by atoms with Crippen LogP contribution in [0.3, 0.4) is 0 Å². The summed E-state index contributed by atoms with van der Waals surface area (Å²) in [7, 11) is -0.547. The van der Waals surface area contributed by atoms with E-state index in [4.69, 9.17) is 0 Å². The van der Waals surface area contributed by atoms with E-state index in [9.17, 15) is 13.2 Å². The van der Waals surface area contributed by atoms with E-state index in [0.717, 1.165) is 22.3 Å². The van der Waals surface area contributed by atoms with Crippen LogP contribution in [-0.4, -0.2) is 39.4 Å². The molecule has 1 rings (SSSR count). The van der Waals surface area contributed by atoms with Gasteiger partial charge in [-0.15, -0.1) is 0 Å². The van der Waals surface area contributed by atoms with Crippen LogP contribution < -0.4 is 4.72 Å². The van der Waals surface area contributed by atoms with E-state index in [1.54, 1.807) is 34.9 Å². The van der Waals surface area contributed by atoms with Gasteiger partial charge in [-0.3, -0.25) is 4.79 Å². The smallest absolute Gasteiger partial charge is 0.241 e. The highest BCUT2D eigenvalue weighted by Crippen LogP contribution is 2.26. The molecule has 5 nitrogen and oxygen atoms in total. The number of carbonyl (C=O) groups excluding carboxylic acids is 1. The topological polar surface area (TPSA) is 66.5 Å². The normalized spacial score (nSPS) is 13.1. The van der Waals surface area contributed by atoms with E-state index in [1.807, 2.05) is 19.9 Å². The second-order valence-electron chi connectivity index (χ2n) is 5.67. The fraction of sp³-hybridized carbons (Fsp3) is 0.533. The summed E-state index contributed by atoms with van der Waals surface area (Å²) >= 11 is 0. The molecule has 6 heteroatoms. The van der Waals surface area contributed by atoms with Gasteiger partial charge >= 0.3 is 0 Å². The molecule has 0 saturated carbocycles. The van der Waals surface area contributed by atoms with Crippen molar-refractivity contribution in [3.63, 3.8) is 0 Å². The third-order valence-electron chi connectivity index (χ3n) is 3.71. The lowest BCUT2D eigenvalue weighted by molar-refractivity contribution is -0.130. The Morgan fingerprint density at radius 2 is 1.52 bits per heavy atom. The van der Waals surface area contributed by atoms with E-state index in [2.05, 4.69) is 4.72 Å². The van der Waals surface area contributed by atoms with Crippen molar-refractivity contribution in [2.75, 3.05) is 14.1 Å². The van der Waals surface area contributed by atoms with Gasteiger partial charge in [0, 0.05) is 14.1 Å². The highest BCUT2D eigenvalue weighted by molar-refractivity contribution is 7.89. The van der Waals surface area contributed by atoms with Gasteiger partial charge in [-0.05, 0) is 56.9 Å². The molecule has 1 unspecified atom stereocenters. The van der Waals surface area contributed by atoms with E-state index in [0.29, 0.717) is 0 Å². The molecule has 0 radical (unpaired) electrons. The van der Waals surface area contributed by atoms with Crippen molar-refractivity contribution >= 4 is 15.9 Å². The van der Waals surface area contributed by atoms with Crippen molar-refractivity contribution in [1.82, 2.24) is 9.62 Å². The molecule has 1 atom stereocenters. The quantitative estimate of drug-likeness (QED) is 0.920. The summed E-state index contributed by atoms with van der Waals surface area (Å²) in [4.78, 5) is 13.5. The van der Waals surface area contributed by atoms with Crippen LogP contribution in [0.15, 0.2) is 11.0 Å². The van der Waals surface area contributed by atoms with Crippen LogP contribution in [0, 0.1) is 27.7 Å². The minimum Gasteiger partial charge on any atom is -0.347 e. The lowest BCUT2D eigenvalue weighted by Gasteiger charge is -2.21. The zero-order valence-electron chi connectivity index (χ0n) is 13.7. The van der Waals surface area contributed by atoms with Crippen molar-refractivity contribution in [3.05, 3.63) is 28.3 Å². The van der Waals surface area contributed by atoms with Crippen LogP contribution in [0.2, 0.25) is 0 Å². The molecule has 21 heavy (non-hydrogen) atoms. The average molecular weight is 312 g/mol. The monoisotopic (exact) mass is 312 g/mol. The molecule has 0 bridgehead atoms. The second kappa shape index (κ2) is 6.15. The maximum Gasteiger partial charge on any atom is 0.241 e. The second-order valence-corrected chi connectivity index (χ2v) is 7.32. The Hall–Kier alpha value is -1.40. The van der Waals surface area contributed by atoms with Crippen molar-refractivity contribution < 1.29 is 13.2 Å². The average Bonchev–Trinajstić information content (AvgIpc) is 2.34. The van der Waals surface area contributed by atoms with Crippen molar-refractivity contribution in [2.24, 2.45) is 0 Å². The van der Waals surface area contributed by atoms with E-state index >= 15 is 0 Å². The van der Waals surface area contributed by atoms with Crippen LogP contribution in [0.1, 0.15) is 29.2 Å². The minimum absolute atomic E-state index is 0.276. The summed E-state index contributed by atoms with van der Waals surface area (Å²) in [5.74, 6) is -0.279. The zero-order valence-corrected chi connectivity index (χ0v) is 14.6. The van der Waals surface area contributed by atoms with Gasteiger partial charge in [0.15, 0.2) is 0 Å². The Morgan fingerprint density at radius 1 is 1.10 bits per heavy atom. The Balaban J connectivity index is 3.30. The molecule has 118 valence electrons. The standard InChI is InChI=1S/C15H24N2O3S/c1-9-8-10(2)12(4)14(11(9)3)21(19,20)16-13(5)15(18)17(6)7/h8,13,16H,1-7H3. The highest BCUT2D eigenvalue weighted by atomic mass is 32.2. The maximum absolute atomic E-state index is 12.6. The number of benzene rings is 1. The molecule has 0 saturated heterocycles. The highest BCUT2D eigenvalue weighted by Gasteiger charge is 2.26. The Morgan fingerprint density at radius 3 is 1.90 bits per heavy atom. The first-order valence-electron chi connectivity index (χ1n) is 6.80. The van der Waals surface area contributed by atoms with Gasteiger partial charge in [-0.1, -0.05) is 6.07 Å². The Kier molecular flexibility index (Phi) is 5.17. The predicted molar refractivity (Wildman–Crippen MR) is 83.9 cm³/mol. The first-order chi connectivity index (χ1) is 9.49. The van der Waals surface area contributed by atoms with E-state index in [1.165, 1.54) is 4.90 Å². The fourth-order valence-corrected chi connectivity index (χ4v) is 4.13. The van der Waals surface area contributed by atoms with Gasteiger partial charge in [0.25, 0.3) is 0 Å². The largest absolute Gasteiger partial charge is 0.347 e. The minimum atomic E-state index is -3.74. The zero-order chi connectivity index (χ0) is 16.5. The molecule has 0 aliphatic rings. The summed E-state index contributed by atoms with van der Waals surface area (Å²) in [5.41, 5.74) is 3.28. The van der Waals surface area contributed by atoms with Crippen molar-refractivity contribution in [1.29, 1.82) is 0 Å². The number of rotatable bonds is 4. The van der Waals surface area contributed by atoms with Crippen LogP contribution in [0.25, 0.3) is 0 Å². The molecule has 0 aromatic heterocycles. The van der Waals surface area contributed by atoms with Crippen LogP contribution in [-0.2, 0) is 14.8 Å². The summed E-state index contributed by atoms with van der Waals surface area (Å²) in [6, 6.07) is 1.17. The fourth-order valence-electron chi connectivity index (χ4n) is 2.31. The number of aryl methyl sites for hydroxylation is 2. The van der Waals surface area contributed by atoms with Crippen LogP contribution in [0.5, 0.6) is 0 Å². The molecule has 1 amide bonds. The van der Waals surface area contributed by atoms with Gasteiger partial charge in [0.05, 0.1) is 10.9 Å². The Bertz CT molecular complexity index is 638. The summed E-state index contributed by atoms with van der Waals surface area (Å²) < 4.78 is 27.7. The maximum atomic E-state index is 12.6. The summed E-state index contributed by atoms with van der Waals surface area (Å²) in [5, 5.41) is 0. The van der Waals surface area contributed by atoms with E-state index < -0.39 is 16.1 Å². The molecule has 0 fully saturated rings. The predicted octanol–water partition coefficient (Wildman–Crippen LogP) is 1.68. The van der Waals surface area contributed by atoms with Gasteiger partial charge in [-0.2, -0.15) is 4.72 Å². The van der Waals surface area contributed by atoms with Gasteiger partial charge in [0.2, 0.25) is 15.9 Å². The Labute approximate surface area is 127 Å². The number of amides is 1. The third-order valence-corrected chi connectivity index (χ3v) is 5.52. The third kappa shape index (κ3) is 3.63. The van der Waals surface area contributed by atoms with Crippen molar-refractivity contribution in [3.8, 4) is 0 Å². The van der Waals surface area contributed by atoms with Crippen LogP contribution >= 0.6 is 0 Å². The SMILES string of the molecule is Cc1cc(C)c(C)c(S(=O)(=O)NC(C)C(=O)N(C)C)c1C. The van der Waals surface area contributed by atoms with Crippen LogP contribution in [0.4, 0.5) is 0 Å². The number of nitrogens with zero attached hydrogens (tertiary/aromatic N) is 1. The lowest BCUT2D eigenvalue weighted by Crippen LogP contribution is -2.44. The first-order valence-corrected chi connectivity index (χ1v) is 8.28. The molecule has 0 aliphatic heterocycles. The van der Waals surface area contributed by atoms with E-state index in [-0.39, 0.29) is 10.8 Å². The van der Waals surface area contributed by atoms with Gasteiger partial charge in [0.1, 0.15) is 0 Å². The number of hydrogen-bond donors (Lipinski definition) is 1. The number of nitrogens with one attached hydrogen (secondary N) is 1. The van der Waals surface area contributed by atoms with Gasteiger partial charge < -0.3 is 4.90 Å². The molecule has 0 spiro atoms. The molecule has 0 heterocycles. The van der Waals surface area contributed by atoms with Crippen molar-refractivity contribution in [2.45, 2.75) is 45.6 Å². The lowest BCUT2D eigenvalue weighted by atomic mass is 10.0. The molecule has 1 aromatic rings. The summed E-state index contributed by atoms with van der Waals surface area (Å²) in [6.07, 6.45) is 0. The number of likely N-dealkylation sites (N-methyl/N-ethyl adjacent to an activating group) is 1. The summed E-state index contributed by atoms with van der Waals surface area (Å²) in [6.45, 7) is 8.89. The molecule has 1 N–H and O–H groups in total. The first kappa shape index (κ1) is 17.7. The number of sulfonamides is 1. The molecule has 1 aromatic carbocycles. The van der Waals surface area contributed by atoms with Gasteiger partial charge in [-0.25, -0.2) is 8.42 Å². The molecular formula is C15H24N2O3S. The number of hydrogen-bond acceptors (Lipinski definition) is 3. The molecular weight excluding hydrogens is 288 g/mol. The molecule has 0 aliphatic carbocycles.